The van der Waals surface area contributed by atoms with Gasteiger partial charge in [0.25, 0.3) is 0 Å². The Bertz CT molecular complexity index is 150. The van der Waals surface area contributed by atoms with Crippen molar-refractivity contribution >= 4 is 124 Å². The van der Waals surface area contributed by atoms with E-state index in [0.29, 0.717) is 0 Å². The molecule has 0 aromatic rings. The molecule has 0 heterocycles. The monoisotopic (exact) mass is 723 g/mol. The lowest BCUT2D eigenvalue weighted by molar-refractivity contribution is 0.563. The molecule has 0 saturated carbocycles. The summed E-state index contributed by atoms with van der Waals surface area (Å²) in [4.78, 5) is 0. The van der Waals surface area contributed by atoms with Crippen LogP contribution in [0.15, 0.2) is 0 Å². The van der Waals surface area contributed by atoms with Crippen LogP contribution in [0.3, 0.4) is 0 Å². The zero-order chi connectivity index (χ0) is 8.58. The smallest absolute Gasteiger partial charge is 0.205 e. The van der Waals surface area contributed by atoms with Crippen molar-refractivity contribution in [2.45, 2.75) is 0.196 Å². The molecule has 10 heavy (non-hydrogen) atoms. The van der Waals surface area contributed by atoms with E-state index < -0.39 is 11.8 Å². The molecule has 1 unspecified atom stereocenters. The Labute approximate surface area is 130 Å². The van der Waals surface area contributed by atoms with Gasteiger partial charge < -0.3 is 4.55 Å². The fourth-order valence-electron chi connectivity index (χ4n) is 0.0990. The molecule has 62 valence electrons. The largest absolute Gasteiger partial charge is 0.304 e. The van der Waals surface area contributed by atoms with Gasteiger partial charge in [0.05, 0.1) is 0 Å². The van der Waals surface area contributed by atoms with Crippen LogP contribution in [0.25, 0.3) is 0 Å². The minimum absolute atomic E-state index is 0.249. The molecule has 0 radical (unpaired) electrons. The summed E-state index contributed by atoms with van der Waals surface area (Å²) in [6.45, 7) is 0. The van der Waals surface area contributed by atoms with Crippen molar-refractivity contribution in [2.24, 2.45) is 0 Å². The average Bonchev–Trinajstić information content (AvgIpc) is 1.62. The van der Waals surface area contributed by atoms with Crippen molar-refractivity contribution in [3.05, 3.63) is 0 Å². The third kappa shape index (κ3) is 3.87. The maximum atomic E-state index is 10.7. The van der Waals surface area contributed by atoms with Gasteiger partial charge in [0.2, 0.25) is 0.760 Å². The lowest BCUT2D eigenvalue weighted by atomic mass is 11.0. The summed E-state index contributed by atoms with van der Waals surface area (Å²) in [7, 11) is 0. The standard InChI is InChI=1S/C2HI5O2S/c3-1(4,5)2(6,7)10(8)9/h(H,8,9). The zero-order valence-corrected chi connectivity index (χ0v) is 15.8. The molecule has 2 nitrogen and oxygen atoms in total. The van der Waals surface area contributed by atoms with Crippen molar-refractivity contribution in [1.82, 2.24) is 0 Å². The molecule has 1 atom stereocenters. The SMILES string of the molecule is O=S(O)C(I)(I)C(I)(I)I. The van der Waals surface area contributed by atoms with E-state index in [1.165, 1.54) is 0 Å². The highest BCUT2D eigenvalue weighted by molar-refractivity contribution is 14.3. The van der Waals surface area contributed by atoms with Crippen molar-refractivity contribution in [1.29, 1.82) is 0 Å². The van der Waals surface area contributed by atoms with Gasteiger partial charge in [-0.3, -0.25) is 0 Å². The summed E-state index contributed by atoms with van der Waals surface area (Å²) in [5.41, 5.74) is 0. The Morgan fingerprint density at radius 2 is 1.40 bits per heavy atom. The first-order chi connectivity index (χ1) is 4.19. The van der Waals surface area contributed by atoms with E-state index >= 15 is 0 Å². The van der Waals surface area contributed by atoms with E-state index in [4.69, 9.17) is 4.55 Å². The minimum Gasteiger partial charge on any atom is -0.304 e. The first-order valence-corrected chi connectivity index (χ1v) is 8.25. The molecule has 0 aliphatic carbocycles. The molecule has 0 rings (SSSR count). The van der Waals surface area contributed by atoms with Crippen molar-refractivity contribution in [3.8, 4) is 0 Å². The predicted octanol–water partition coefficient (Wildman–Crippen LogP) is 3.69. The molecule has 0 amide bonds. The maximum absolute atomic E-state index is 10.7. The Hall–Kier alpha value is 3.76. The topological polar surface area (TPSA) is 37.3 Å². The third-order valence-electron chi connectivity index (χ3n) is 0.549. The third-order valence-corrected chi connectivity index (χ3v) is 14.9. The normalized spacial score (nSPS) is 17.0. The Balaban J connectivity index is 4.57. The van der Waals surface area contributed by atoms with Gasteiger partial charge in [-0.2, -0.15) is 0 Å². The van der Waals surface area contributed by atoms with Crippen LogP contribution in [0.4, 0.5) is 0 Å². The van der Waals surface area contributed by atoms with Gasteiger partial charge in [-0.25, -0.2) is 4.21 Å². The second-order valence-corrected chi connectivity index (χ2v) is 20.2. The lowest BCUT2D eigenvalue weighted by Gasteiger charge is -2.25. The maximum Gasteiger partial charge on any atom is 0.205 e. The van der Waals surface area contributed by atoms with Crippen LogP contribution in [0, 0.1) is 0 Å². The fourth-order valence-corrected chi connectivity index (χ4v) is 1.99. The summed E-state index contributed by atoms with van der Waals surface area (Å²) in [6, 6.07) is 0. The van der Waals surface area contributed by atoms with E-state index in [2.05, 4.69) is 67.8 Å². The van der Waals surface area contributed by atoms with Crippen LogP contribution in [-0.2, 0) is 11.1 Å². The van der Waals surface area contributed by atoms with Gasteiger partial charge in [0, 0.05) is 0 Å². The summed E-state index contributed by atoms with van der Waals surface area (Å²) in [6.07, 6.45) is 0. The molecule has 1 N–H and O–H groups in total. The van der Waals surface area contributed by atoms with Crippen LogP contribution in [0.5, 0.6) is 0 Å². The van der Waals surface area contributed by atoms with Gasteiger partial charge in [0.1, 0.15) is 0 Å². The molecule has 0 spiro atoms. The molecule has 0 fully saturated rings. The molecule has 0 aliphatic heterocycles. The molecule has 0 bridgehead atoms. The fraction of sp³-hybridized carbons (Fsp3) is 1.00. The highest BCUT2D eigenvalue weighted by Gasteiger charge is 2.47. The van der Waals surface area contributed by atoms with Crippen molar-refractivity contribution < 1.29 is 8.76 Å². The Morgan fingerprint density at radius 1 is 1.10 bits per heavy atom. The first kappa shape index (κ1) is 13.8. The molecular formula is C2HI5O2S. The molecular weight excluding hydrogens is 723 g/mol. The van der Waals surface area contributed by atoms with E-state index in [1.54, 1.807) is 0 Å². The predicted molar refractivity (Wildman–Crippen MR) is 86.3 cm³/mol. The van der Waals surface area contributed by atoms with Crippen LogP contribution in [-0.4, -0.2) is 8.96 Å². The van der Waals surface area contributed by atoms with Gasteiger partial charge in [-0.15, -0.1) is 0 Å². The summed E-state index contributed by atoms with van der Waals surface area (Å²) in [5, 5.41) is 0. The first-order valence-electron chi connectivity index (χ1n) is 1.75. The minimum atomic E-state index is -1.79. The second kappa shape index (κ2) is 5.01. The van der Waals surface area contributed by atoms with Gasteiger partial charge in [-0.05, 0) is 45.2 Å². The molecule has 0 saturated heterocycles. The van der Waals surface area contributed by atoms with Crippen molar-refractivity contribution in [2.75, 3.05) is 0 Å². The quantitative estimate of drug-likeness (QED) is 0.269. The van der Waals surface area contributed by atoms with Crippen LogP contribution in [0.2, 0.25) is 0 Å². The highest BCUT2D eigenvalue weighted by atomic mass is 127. The molecule has 0 aromatic carbocycles. The van der Waals surface area contributed by atoms with Crippen LogP contribution < -0.4 is 0 Å². The van der Waals surface area contributed by atoms with Gasteiger partial charge in [-0.1, -0.05) is 67.8 Å². The number of halogens is 5. The summed E-state index contributed by atoms with van der Waals surface area (Å²) >= 11 is 8.60. The van der Waals surface area contributed by atoms with E-state index in [9.17, 15) is 4.21 Å². The van der Waals surface area contributed by atoms with Gasteiger partial charge in [0.15, 0.2) is 10.5 Å². The van der Waals surface area contributed by atoms with E-state index in [1.807, 2.05) is 45.2 Å². The molecule has 0 aliphatic rings. The van der Waals surface area contributed by atoms with E-state index in [0.717, 1.165) is 0 Å². The van der Waals surface area contributed by atoms with E-state index in [-0.39, 0.29) is -0.565 Å². The highest BCUT2D eigenvalue weighted by Crippen LogP contribution is 2.55. The molecule has 0 aromatic heterocycles. The zero-order valence-electron chi connectivity index (χ0n) is 4.15. The summed E-state index contributed by atoms with van der Waals surface area (Å²) in [5.74, 6) is 0. The number of hydrogen-bond acceptors (Lipinski definition) is 1. The second-order valence-electron chi connectivity index (χ2n) is 1.26. The molecule has 8 heteroatoms. The number of rotatable bonds is 2. The Morgan fingerprint density at radius 3 is 1.40 bits per heavy atom. The van der Waals surface area contributed by atoms with Gasteiger partial charge >= 0.3 is 0 Å². The number of alkyl halides is 5. The average molecular weight is 724 g/mol. The van der Waals surface area contributed by atoms with Crippen molar-refractivity contribution in [3.63, 3.8) is 0 Å². The van der Waals surface area contributed by atoms with Crippen LogP contribution >= 0.6 is 113 Å². The lowest BCUT2D eigenvalue weighted by Crippen LogP contribution is -2.32. The number of hydrogen-bond donors (Lipinski definition) is 1. The summed E-state index contributed by atoms with van der Waals surface area (Å²) < 4.78 is 18.7. The van der Waals surface area contributed by atoms with Crippen LogP contribution in [0.1, 0.15) is 0 Å². The Kier molecular flexibility index (Phi) is 6.90.